The van der Waals surface area contributed by atoms with Gasteiger partial charge in [-0.3, -0.25) is 4.79 Å². The first-order valence-electron chi connectivity index (χ1n) is 7.89. The van der Waals surface area contributed by atoms with Crippen LogP contribution < -0.4 is 4.74 Å². The first-order valence-corrected chi connectivity index (χ1v) is 7.89. The summed E-state index contributed by atoms with van der Waals surface area (Å²) in [6.45, 7) is 0.0632. The topological polar surface area (TPSA) is 55.6 Å². The van der Waals surface area contributed by atoms with Crippen LogP contribution in [0.4, 0.5) is 13.2 Å². The smallest absolute Gasteiger partial charge is 0.408 e. The number of hydrogen-bond donors (Lipinski definition) is 0. The third-order valence-electron chi connectivity index (χ3n) is 4.25. The fraction of sp³-hybridized carbons (Fsp3) is 0.412. The summed E-state index contributed by atoms with van der Waals surface area (Å²) < 4.78 is 49.7. The van der Waals surface area contributed by atoms with Gasteiger partial charge >= 0.3 is 6.18 Å². The summed E-state index contributed by atoms with van der Waals surface area (Å²) >= 11 is 0. The van der Waals surface area contributed by atoms with E-state index in [1.807, 2.05) is 0 Å². The highest BCUT2D eigenvalue weighted by molar-refractivity contribution is 5.93. The largest absolute Gasteiger partial charge is 0.497 e. The van der Waals surface area contributed by atoms with E-state index in [2.05, 4.69) is 5.16 Å². The van der Waals surface area contributed by atoms with Crippen molar-refractivity contribution in [3.05, 3.63) is 36.0 Å². The Labute approximate surface area is 142 Å². The van der Waals surface area contributed by atoms with Gasteiger partial charge in [0.1, 0.15) is 11.8 Å². The lowest BCUT2D eigenvalue weighted by Crippen LogP contribution is -2.51. The number of likely N-dealkylation sites (tertiary alicyclic amines) is 1. The van der Waals surface area contributed by atoms with Gasteiger partial charge in [-0.25, -0.2) is 0 Å². The molecule has 0 radical (unpaired) electrons. The molecule has 1 aliphatic heterocycles. The normalized spacial score (nSPS) is 18.2. The van der Waals surface area contributed by atoms with Crippen molar-refractivity contribution in [1.82, 2.24) is 10.1 Å². The van der Waals surface area contributed by atoms with Gasteiger partial charge in [-0.1, -0.05) is 5.16 Å². The molecule has 5 nitrogen and oxygen atoms in total. The molecule has 1 aromatic heterocycles. The van der Waals surface area contributed by atoms with Crippen molar-refractivity contribution in [2.24, 2.45) is 0 Å². The standard InChI is InChI=1S/C17H17F3N2O3/c1-24-12-7-5-11(6-8-12)14-10-13(21-25-14)16(23)22-9-3-2-4-15(22)17(18,19)20/h5-8,10,15H,2-4,9H2,1H3. The van der Waals surface area contributed by atoms with Crippen LogP contribution in [0, 0.1) is 0 Å². The molecule has 2 aromatic rings. The van der Waals surface area contributed by atoms with Gasteiger partial charge in [0.2, 0.25) is 0 Å². The first-order chi connectivity index (χ1) is 11.9. The lowest BCUT2D eigenvalue weighted by molar-refractivity contribution is -0.183. The van der Waals surface area contributed by atoms with E-state index in [4.69, 9.17) is 9.26 Å². The number of halogens is 3. The molecule has 0 spiro atoms. The van der Waals surface area contributed by atoms with Crippen molar-refractivity contribution < 1.29 is 27.2 Å². The quantitative estimate of drug-likeness (QED) is 0.839. The number of ether oxygens (including phenoxy) is 1. The summed E-state index contributed by atoms with van der Waals surface area (Å²) in [5, 5.41) is 3.66. The number of benzene rings is 1. The van der Waals surface area contributed by atoms with Gasteiger partial charge in [0, 0.05) is 18.2 Å². The summed E-state index contributed by atoms with van der Waals surface area (Å²) in [5.41, 5.74) is 0.528. The van der Waals surface area contributed by atoms with Crippen LogP contribution in [0.3, 0.4) is 0 Å². The zero-order valence-electron chi connectivity index (χ0n) is 13.5. The summed E-state index contributed by atoms with van der Waals surface area (Å²) in [5.74, 6) is 0.206. The zero-order chi connectivity index (χ0) is 18.0. The predicted molar refractivity (Wildman–Crippen MR) is 83.2 cm³/mol. The minimum atomic E-state index is -4.45. The van der Waals surface area contributed by atoms with Crippen LogP contribution >= 0.6 is 0 Å². The Balaban J connectivity index is 1.81. The molecular formula is C17H17F3N2O3. The maximum atomic E-state index is 13.2. The number of carbonyl (C=O) groups excluding carboxylic acids is 1. The molecule has 0 saturated carbocycles. The van der Waals surface area contributed by atoms with Crippen LogP contribution in [0.15, 0.2) is 34.9 Å². The number of alkyl halides is 3. The van der Waals surface area contributed by atoms with E-state index in [1.54, 1.807) is 24.3 Å². The van der Waals surface area contributed by atoms with Gasteiger partial charge in [-0.05, 0) is 43.5 Å². The van der Waals surface area contributed by atoms with E-state index in [1.165, 1.54) is 13.2 Å². The monoisotopic (exact) mass is 354 g/mol. The van der Waals surface area contributed by atoms with Gasteiger partial charge in [0.05, 0.1) is 7.11 Å². The summed E-state index contributed by atoms with van der Waals surface area (Å²) in [7, 11) is 1.54. The van der Waals surface area contributed by atoms with Gasteiger partial charge in [-0.15, -0.1) is 0 Å². The van der Waals surface area contributed by atoms with Gasteiger partial charge in [0.25, 0.3) is 5.91 Å². The number of carbonyl (C=O) groups is 1. The summed E-state index contributed by atoms with van der Waals surface area (Å²) in [6, 6.07) is 6.45. The average molecular weight is 354 g/mol. The number of aromatic nitrogens is 1. The molecule has 1 fully saturated rings. The summed E-state index contributed by atoms with van der Waals surface area (Å²) in [6.07, 6.45) is -3.54. The van der Waals surface area contributed by atoms with E-state index in [-0.39, 0.29) is 18.7 Å². The Hall–Kier alpha value is -2.51. The van der Waals surface area contributed by atoms with Gasteiger partial charge in [-0.2, -0.15) is 13.2 Å². The highest BCUT2D eigenvalue weighted by Gasteiger charge is 2.46. The van der Waals surface area contributed by atoms with Crippen LogP contribution in [-0.2, 0) is 0 Å². The second-order valence-electron chi connectivity index (χ2n) is 5.86. The second kappa shape index (κ2) is 6.78. The highest BCUT2D eigenvalue weighted by Crippen LogP contribution is 2.33. The van der Waals surface area contributed by atoms with E-state index >= 15 is 0 Å². The molecule has 1 amide bonds. The minimum absolute atomic E-state index is 0.0632. The second-order valence-corrected chi connectivity index (χ2v) is 5.86. The Kier molecular flexibility index (Phi) is 4.69. The fourth-order valence-electron chi connectivity index (χ4n) is 2.93. The van der Waals surface area contributed by atoms with E-state index in [0.717, 1.165) is 4.90 Å². The third kappa shape index (κ3) is 3.62. The molecular weight excluding hydrogens is 337 g/mol. The van der Waals surface area contributed by atoms with Crippen LogP contribution in [-0.4, -0.2) is 41.8 Å². The predicted octanol–water partition coefficient (Wildman–Crippen LogP) is 3.91. The lowest BCUT2D eigenvalue weighted by Gasteiger charge is -2.36. The van der Waals surface area contributed by atoms with Gasteiger partial charge < -0.3 is 14.2 Å². The Morgan fingerprint density at radius 3 is 2.64 bits per heavy atom. The number of methoxy groups -OCH3 is 1. The molecule has 1 saturated heterocycles. The Bertz CT molecular complexity index is 740. The van der Waals surface area contributed by atoms with Crippen molar-refractivity contribution in [3.63, 3.8) is 0 Å². The number of piperidine rings is 1. The number of hydrogen-bond acceptors (Lipinski definition) is 4. The fourth-order valence-corrected chi connectivity index (χ4v) is 2.93. The van der Waals surface area contributed by atoms with Crippen LogP contribution in [0.2, 0.25) is 0 Å². The van der Waals surface area contributed by atoms with Crippen molar-refractivity contribution in [2.45, 2.75) is 31.5 Å². The summed E-state index contributed by atoms with van der Waals surface area (Å²) in [4.78, 5) is 13.3. The molecule has 2 heterocycles. The zero-order valence-corrected chi connectivity index (χ0v) is 13.5. The molecule has 1 unspecified atom stereocenters. The van der Waals surface area contributed by atoms with Crippen molar-refractivity contribution in [3.8, 4) is 17.1 Å². The average Bonchev–Trinajstić information content (AvgIpc) is 3.10. The first kappa shape index (κ1) is 17.3. The van der Waals surface area contributed by atoms with E-state index < -0.39 is 18.1 Å². The van der Waals surface area contributed by atoms with E-state index in [9.17, 15) is 18.0 Å². The van der Waals surface area contributed by atoms with Crippen molar-refractivity contribution in [1.29, 1.82) is 0 Å². The molecule has 134 valence electrons. The highest BCUT2D eigenvalue weighted by atomic mass is 19.4. The maximum Gasteiger partial charge on any atom is 0.408 e. The van der Waals surface area contributed by atoms with Crippen LogP contribution in [0.5, 0.6) is 5.75 Å². The number of amides is 1. The van der Waals surface area contributed by atoms with Crippen LogP contribution in [0.25, 0.3) is 11.3 Å². The molecule has 25 heavy (non-hydrogen) atoms. The molecule has 1 atom stereocenters. The molecule has 1 aromatic carbocycles. The van der Waals surface area contributed by atoms with Crippen LogP contribution in [0.1, 0.15) is 29.8 Å². The lowest BCUT2D eigenvalue weighted by atomic mass is 10.0. The molecule has 8 heteroatoms. The third-order valence-corrected chi connectivity index (χ3v) is 4.25. The maximum absolute atomic E-state index is 13.2. The minimum Gasteiger partial charge on any atom is -0.497 e. The molecule has 1 aliphatic rings. The van der Waals surface area contributed by atoms with Crippen molar-refractivity contribution in [2.75, 3.05) is 13.7 Å². The SMILES string of the molecule is COc1ccc(-c2cc(C(=O)N3CCCCC3C(F)(F)F)no2)cc1. The Morgan fingerprint density at radius 1 is 1.28 bits per heavy atom. The van der Waals surface area contributed by atoms with Gasteiger partial charge in [0.15, 0.2) is 11.5 Å². The number of rotatable bonds is 3. The molecule has 0 bridgehead atoms. The molecule has 0 N–H and O–H groups in total. The van der Waals surface area contributed by atoms with Crippen molar-refractivity contribution >= 4 is 5.91 Å². The Morgan fingerprint density at radius 2 is 2.00 bits per heavy atom. The number of nitrogens with zero attached hydrogens (tertiary/aromatic N) is 2. The molecule has 0 aliphatic carbocycles. The molecule has 3 rings (SSSR count). The van der Waals surface area contributed by atoms with E-state index in [0.29, 0.717) is 29.9 Å².